The molecule has 3 aromatic rings. The summed E-state index contributed by atoms with van der Waals surface area (Å²) in [6.07, 6.45) is 1.45. The van der Waals surface area contributed by atoms with Crippen LogP contribution in [0.5, 0.6) is 0 Å². The first-order chi connectivity index (χ1) is 16.2. The number of anilines is 1. The summed E-state index contributed by atoms with van der Waals surface area (Å²) in [4.78, 5) is 35.9. The van der Waals surface area contributed by atoms with Crippen molar-refractivity contribution in [1.29, 1.82) is 0 Å². The van der Waals surface area contributed by atoms with Gasteiger partial charge in [0.05, 0.1) is 28.4 Å². The van der Waals surface area contributed by atoms with E-state index >= 15 is 0 Å². The van der Waals surface area contributed by atoms with Crippen molar-refractivity contribution in [1.82, 2.24) is 9.99 Å². The molecule has 0 aliphatic heterocycles. The van der Waals surface area contributed by atoms with Gasteiger partial charge in [-0.25, -0.2) is 10.2 Å². The summed E-state index contributed by atoms with van der Waals surface area (Å²) in [6.45, 7) is 5.79. The molecule has 0 atom stereocenters. The van der Waals surface area contributed by atoms with E-state index in [0.717, 1.165) is 22.6 Å². The van der Waals surface area contributed by atoms with E-state index < -0.39 is 17.8 Å². The number of hydrogen-bond acceptors (Lipinski definition) is 5. The van der Waals surface area contributed by atoms with Gasteiger partial charge in [0.2, 0.25) is 0 Å². The van der Waals surface area contributed by atoms with Gasteiger partial charge in [0.15, 0.2) is 0 Å². The predicted molar refractivity (Wildman–Crippen MR) is 132 cm³/mol. The van der Waals surface area contributed by atoms with E-state index in [0.29, 0.717) is 21.3 Å². The van der Waals surface area contributed by atoms with Gasteiger partial charge in [-0.05, 0) is 69.3 Å². The zero-order valence-corrected chi connectivity index (χ0v) is 20.2. The van der Waals surface area contributed by atoms with E-state index in [-0.39, 0.29) is 6.61 Å². The highest BCUT2D eigenvalue weighted by Crippen LogP contribution is 2.27. The highest BCUT2D eigenvalue weighted by Gasteiger charge is 2.15. The number of hydrazone groups is 1. The minimum absolute atomic E-state index is 0.261. The third kappa shape index (κ3) is 5.84. The summed E-state index contributed by atoms with van der Waals surface area (Å²) < 4.78 is 6.87. The summed E-state index contributed by atoms with van der Waals surface area (Å²) in [5, 5.41) is 7.24. The fourth-order valence-corrected chi connectivity index (χ4v) is 3.54. The predicted octanol–water partition coefficient (Wildman–Crippen LogP) is 4.67. The van der Waals surface area contributed by atoms with Crippen LogP contribution in [0.1, 0.15) is 34.2 Å². The van der Waals surface area contributed by atoms with Crippen LogP contribution < -0.4 is 10.7 Å². The second kappa shape index (κ2) is 11.0. The van der Waals surface area contributed by atoms with Crippen molar-refractivity contribution >= 4 is 52.9 Å². The Morgan fingerprint density at radius 2 is 1.71 bits per heavy atom. The number of carbonyl (C=O) groups excluding carboxylic acids is 3. The van der Waals surface area contributed by atoms with E-state index in [2.05, 4.69) is 15.8 Å². The summed E-state index contributed by atoms with van der Waals surface area (Å²) in [5.41, 5.74) is 6.26. The number of esters is 1. The molecule has 2 N–H and O–H groups in total. The number of nitrogens with zero attached hydrogens (tertiary/aromatic N) is 2. The fraction of sp³-hybridized carbons (Fsp3) is 0.167. The molecule has 0 bridgehead atoms. The maximum Gasteiger partial charge on any atom is 0.338 e. The molecule has 0 unspecified atom stereocenters. The first kappa shape index (κ1) is 25.0. The number of aryl methyl sites for hydroxylation is 1. The molecule has 10 heteroatoms. The van der Waals surface area contributed by atoms with Crippen LogP contribution in [0, 0.1) is 13.8 Å². The van der Waals surface area contributed by atoms with Crippen molar-refractivity contribution in [2.75, 3.05) is 11.9 Å². The van der Waals surface area contributed by atoms with E-state index in [1.54, 1.807) is 19.1 Å². The maximum atomic E-state index is 12.1. The molecule has 0 saturated carbocycles. The van der Waals surface area contributed by atoms with Gasteiger partial charge in [-0.2, -0.15) is 5.10 Å². The maximum absolute atomic E-state index is 12.1. The molecular formula is C24H22Cl2N4O4. The number of aromatic nitrogens is 1. The third-order valence-electron chi connectivity index (χ3n) is 4.86. The van der Waals surface area contributed by atoms with Crippen LogP contribution in [0.4, 0.5) is 5.69 Å². The molecule has 2 aromatic carbocycles. The Bertz CT molecular complexity index is 1270. The van der Waals surface area contributed by atoms with Crippen LogP contribution >= 0.6 is 23.2 Å². The Morgan fingerprint density at radius 3 is 2.35 bits per heavy atom. The lowest BCUT2D eigenvalue weighted by atomic mass is 10.2. The van der Waals surface area contributed by atoms with E-state index in [1.807, 2.05) is 30.5 Å². The molecule has 1 aromatic heterocycles. The Hall–Kier alpha value is -3.62. The molecule has 0 saturated heterocycles. The quantitative estimate of drug-likeness (QED) is 0.222. The molecule has 0 aliphatic rings. The molecule has 1 heterocycles. The lowest BCUT2D eigenvalue weighted by Gasteiger charge is -2.10. The summed E-state index contributed by atoms with van der Waals surface area (Å²) in [7, 11) is 0. The average molecular weight is 501 g/mol. The van der Waals surface area contributed by atoms with Gasteiger partial charge in [0, 0.05) is 28.3 Å². The molecule has 34 heavy (non-hydrogen) atoms. The SMILES string of the molecule is CCOC(=O)c1ccc(NC(=O)C(=O)N/N=C\c2cc(C)n(-c3ccc(Cl)c(Cl)c3)c2C)cc1. The van der Waals surface area contributed by atoms with Crippen molar-refractivity contribution in [2.24, 2.45) is 5.10 Å². The number of nitrogens with one attached hydrogen (secondary N) is 2. The van der Waals surface area contributed by atoms with Crippen LogP contribution in [0.2, 0.25) is 10.0 Å². The standard InChI is InChI=1S/C24H22Cl2N4O4/c1-4-34-24(33)16-5-7-18(8-6-16)28-22(31)23(32)29-27-13-17-11-14(2)30(15(17)3)19-9-10-20(25)21(26)12-19/h5-13H,4H2,1-3H3,(H,28,31)(H,29,32)/b27-13-. The van der Waals surface area contributed by atoms with Gasteiger partial charge >= 0.3 is 17.8 Å². The van der Waals surface area contributed by atoms with E-state index in [9.17, 15) is 14.4 Å². The van der Waals surface area contributed by atoms with Crippen LogP contribution in [-0.2, 0) is 14.3 Å². The lowest BCUT2D eigenvalue weighted by Crippen LogP contribution is -2.32. The molecule has 2 amide bonds. The third-order valence-corrected chi connectivity index (χ3v) is 5.60. The number of hydrogen-bond donors (Lipinski definition) is 2. The normalized spacial score (nSPS) is 10.9. The fourth-order valence-electron chi connectivity index (χ4n) is 3.24. The number of benzene rings is 2. The zero-order chi connectivity index (χ0) is 24.8. The molecule has 8 nitrogen and oxygen atoms in total. The molecule has 3 rings (SSSR count). The molecule has 176 valence electrons. The van der Waals surface area contributed by atoms with Gasteiger partial charge in [-0.1, -0.05) is 23.2 Å². The van der Waals surface area contributed by atoms with Gasteiger partial charge in [-0.15, -0.1) is 0 Å². The van der Waals surface area contributed by atoms with E-state index in [4.69, 9.17) is 27.9 Å². The van der Waals surface area contributed by atoms with Crippen LogP contribution in [0.25, 0.3) is 5.69 Å². The molecule has 0 aliphatic carbocycles. The number of rotatable bonds is 6. The van der Waals surface area contributed by atoms with Crippen molar-refractivity contribution in [3.8, 4) is 5.69 Å². The number of amides is 2. The molecule has 0 fully saturated rings. The Kier molecular flexibility index (Phi) is 8.09. The minimum Gasteiger partial charge on any atom is -0.462 e. The van der Waals surface area contributed by atoms with Crippen LogP contribution in [0.3, 0.4) is 0 Å². The highest BCUT2D eigenvalue weighted by molar-refractivity contribution is 6.42. The molecule has 0 spiro atoms. The smallest absolute Gasteiger partial charge is 0.338 e. The minimum atomic E-state index is -0.941. The molecule has 0 radical (unpaired) electrons. The first-order valence-electron chi connectivity index (χ1n) is 10.3. The zero-order valence-electron chi connectivity index (χ0n) is 18.7. The van der Waals surface area contributed by atoms with Gasteiger partial charge in [-0.3, -0.25) is 9.59 Å². The monoisotopic (exact) mass is 500 g/mol. The van der Waals surface area contributed by atoms with Gasteiger partial charge in [0.1, 0.15) is 0 Å². The summed E-state index contributed by atoms with van der Waals surface area (Å²) >= 11 is 12.1. The van der Waals surface area contributed by atoms with E-state index in [1.165, 1.54) is 30.5 Å². The Labute approximate surface area is 206 Å². The van der Waals surface area contributed by atoms with Gasteiger partial charge in [0.25, 0.3) is 0 Å². The van der Waals surface area contributed by atoms with Crippen molar-refractivity contribution < 1.29 is 19.1 Å². The average Bonchev–Trinajstić information content (AvgIpc) is 3.09. The Morgan fingerprint density at radius 1 is 1.00 bits per heavy atom. The Balaban J connectivity index is 1.63. The van der Waals surface area contributed by atoms with Gasteiger partial charge < -0.3 is 14.6 Å². The van der Waals surface area contributed by atoms with Crippen molar-refractivity contribution in [2.45, 2.75) is 20.8 Å². The molecular weight excluding hydrogens is 479 g/mol. The van der Waals surface area contributed by atoms with Crippen molar-refractivity contribution in [3.63, 3.8) is 0 Å². The second-order valence-electron chi connectivity index (χ2n) is 7.21. The lowest BCUT2D eigenvalue weighted by molar-refractivity contribution is -0.136. The number of carbonyl (C=O) groups is 3. The van der Waals surface area contributed by atoms with Crippen molar-refractivity contribution in [3.05, 3.63) is 81.1 Å². The van der Waals surface area contributed by atoms with Crippen LogP contribution in [-0.4, -0.2) is 35.2 Å². The summed E-state index contributed by atoms with van der Waals surface area (Å²) in [5.74, 6) is -2.31. The van der Waals surface area contributed by atoms with Crippen LogP contribution in [0.15, 0.2) is 53.6 Å². The highest BCUT2D eigenvalue weighted by atomic mass is 35.5. The number of ether oxygens (including phenoxy) is 1. The first-order valence-corrected chi connectivity index (χ1v) is 11.0. The second-order valence-corrected chi connectivity index (χ2v) is 8.03. The summed E-state index contributed by atoms with van der Waals surface area (Å²) in [6, 6.07) is 13.2. The largest absolute Gasteiger partial charge is 0.462 e. The topological polar surface area (TPSA) is 102 Å². The number of halogens is 2.